The van der Waals surface area contributed by atoms with Gasteiger partial charge in [0, 0.05) is 37.2 Å². The van der Waals surface area contributed by atoms with Crippen LogP contribution in [0.5, 0.6) is 0 Å². The van der Waals surface area contributed by atoms with Crippen LogP contribution in [0.25, 0.3) is 0 Å². The van der Waals surface area contributed by atoms with E-state index in [4.69, 9.17) is 11.6 Å². The van der Waals surface area contributed by atoms with Crippen molar-refractivity contribution in [1.29, 1.82) is 0 Å². The number of piperazine rings is 1. The Hall–Kier alpha value is -0.0600. The normalized spacial score (nSPS) is 16.7. The molecule has 1 aliphatic heterocycles. The van der Waals surface area contributed by atoms with Crippen LogP contribution in [0.1, 0.15) is 37.8 Å². The van der Waals surface area contributed by atoms with Gasteiger partial charge in [-0.05, 0) is 30.2 Å². The summed E-state index contributed by atoms with van der Waals surface area (Å²) >= 11 is 6.00. The molecule has 1 fully saturated rings. The van der Waals surface area contributed by atoms with E-state index in [0.717, 1.165) is 51.0 Å². The van der Waals surface area contributed by atoms with Gasteiger partial charge >= 0.3 is 0 Å². The third-order valence-corrected chi connectivity index (χ3v) is 3.91. The summed E-state index contributed by atoms with van der Waals surface area (Å²) in [5.74, 6) is -0.237. The summed E-state index contributed by atoms with van der Waals surface area (Å²) in [6.45, 7) is 6.23. The summed E-state index contributed by atoms with van der Waals surface area (Å²) in [5, 5.41) is 3.85. The molecule has 0 aromatic heterocycles. The number of rotatable bonds is 5. The summed E-state index contributed by atoms with van der Waals surface area (Å²) in [6, 6.07) is 5.20. The van der Waals surface area contributed by atoms with E-state index in [1.807, 2.05) is 6.07 Å². The monoisotopic (exact) mass is 356 g/mol. The zero-order valence-corrected chi connectivity index (χ0v) is 14.7. The third-order valence-electron chi connectivity index (χ3n) is 3.69. The van der Waals surface area contributed by atoms with Crippen molar-refractivity contribution >= 4 is 36.4 Å². The molecule has 122 valence electrons. The van der Waals surface area contributed by atoms with Crippen molar-refractivity contribution < 1.29 is 4.39 Å². The van der Waals surface area contributed by atoms with Crippen molar-refractivity contribution in [2.75, 3.05) is 26.2 Å². The predicted molar refractivity (Wildman–Crippen MR) is 92.6 cm³/mol. The molecule has 2 rings (SSSR count). The predicted octanol–water partition coefficient (Wildman–Crippen LogP) is 4.46. The maximum atomic E-state index is 13.6. The van der Waals surface area contributed by atoms with Crippen LogP contribution in [0.2, 0.25) is 5.02 Å². The highest BCUT2D eigenvalue weighted by molar-refractivity contribution is 6.30. The third kappa shape index (κ3) is 6.29. The molecule has 0 spiro atoms. The van der Waals surface area contributed by atoms with Gasteiger partial charge in [0.1, 0.15) is 5.82 Å². The lowest BCUT2D eigenvalue weighted by Crippen LogP contribution is -2.45. The topological polar surface area (TPSA) is 15.3 Å². The maximum absolute atomic E-state index is 13.6. The highest BCUT2D eigenvalue weighted by Crippen LogP contribution is 2.29. The smallest absolute Gasteiger partial charge is 0.125 e. The number of halogens is 4. The Morgan fingerprint density at radius 2 is 1.90 bits per heavy atom. The average Bonchev–Trinajstić information content (AvgIpc) is 2.39. The molecule has 1 atom stereocenters. The van der Waals surface area contributed by atoms with Gasteiger partial charge in [-0.25, -0.2) is 4.39 Å². The van der Waals surface area contributed by atoms with Gasteiger partial charge in [-0.1, -0.05) is 31.4 Å². The number of nitrogens with zero attached hydrogens (tertiary/aromatic N) is 1. The Morgan fingerprint density at radius 3 is 2.48 bits per heavy atom. The van der Waals surface area contributed by atoms with Gasteiger partial charge in [0.15, 0.2) is 0 Å². The minimum atomic E-state index is -0.237. The van der Waals surface area contributed by atoms with E-state index >= 15 is 0 Å². The van der Waals surface area contributed by atoms with Gasteiger partial charge in [0.25, 0.3) is 0 Å². The Bertz CT molecular complexity index is 392. The second kappa shape index (κ2) is 10.6. The molecule has 1 aliphatic rings. The van der Waals surface area contributed by atoms with Crippen molar-refractivity contribution in [2.45, 2.75) is 32.2 Å². The summed E-state index contributed by atoms with van der Waals surface area (Å²) in [5.41, 5.74) is 1.01. The molecular formula is C15H24Cl3FN2. The number of unbranched alkanes of at least 4 members (excludes halogenated alkanes) is 1. The number of benzene rings is 1. The van der Waals surface area contributed by atoms with Crippen LogP contribution >= 0.6 is 36.4 Å². The molecular weight excluding hydrogens is 334 g/mol. The van der Waals surface area contributed by atoms with Crippen LogP contribution in [-0.2, 0) is 0 Å². The second-order valence-corrected chi connectivity index (χ2v) is 5.58. The first-order valence-electron chi connectivity index (χ1n) is 7.11. The summed E-state index contributed by atoms with van der Waals surface area (Å²) in [4.78, 5) is 2.44. The van der Waals surface area contributed by atoms with Gasteiger partial charge in [0.05, 0.1) is 0 Å². The molecule has 0 saturated carbocycles. The van der Waals surface area contributed by atoms with E-state index in [9.17, 15) is 4.39 Å². The van der Waals surface area contributed by atoms with Crippen molar-refractivity contribution in [2.24, 2.45) is 0 Å². The molecule has 6 heteroatoms. The molecule has 0 bridgehead atoms. The fraction of sp³-hybridized carbons (Fsp3) is 0.600. The van der Waals surface area contributed by atoms with E-state index in [2.05, 4.69) is 17.1 Å². The minimum absolute atomic E-state index is 0. The lowest BCUT2D eigenvalue weighted by Gasteiger charge is -2.35. The van der Waals surface area contributed by atoms with Gasteiger partial charge in [-0.2, -0.15) is 0 Å². The standard InChI is InChI=1S/C15H22ClFN2.2ClH/c1-2-3-4-15(19-7-5-18-6-8-19)12-9-13(16)11-14(17)10-12;;/h9-11,15,18H,2-8H2,1H3;2*1H/t15-;;/m1../s1. The van der Waals surface area contributed by atoms with Gasteiger partial charge in [0.2, 0.25) is 0 Å². The largest absolute Gasteiger partial charge is 0.314 e. The Morgan fingerprint density at radius 1 is 1.24 bits per heavy atom. The number of nitrogens with one attached hydrogen (secondary N) is 1. The molecule has 0 aliphatic carbocycles. The molecule has 0 radical (unpaired) electrons. The number of hydrogen-bond acceptors (Lipinski definition) is 2. The van der Waals surface area contributed by atoms with Crippen LogP contribution in [0.4, 0.5) is 4.39 Å². The van der Waals surface area contributed by atoms with Crippen LogP contribution in [-0.4, -0.2) is 31.1 Å². The first-order chi connectivity index (χ1) is 9.20. The van der Waals surface area contributed by atoms with Crippen LogP contribution in [0.3, 0.4) is 0 Å². The number of hydrogen-bond donors (Lipinski definition) is 1. The Balaban J connectivity index is 0.00000200. The van der Waals surface area contributed by atoms with Crippen LogP contribution < -0.4 is 5.32 Å². The SMILES string of the molecule is CCCC[C@H](c1cc(F)cc(Cl)c1)N1CCNCC1.Cl.Cl. The molecule has 1 aromatic rings. The second-order valence-electron chi connectivity index (χ2n) is 5.15. The zero-order chi connectivity index (χ0) is 13.7. The Labute approximate surface area is 144 Å². The van der Waals surface area contributed by atoms with Gasteiger partial charge in [-0.15, -0.1) is 24.8 Å². The first-order valence-corrected chi connectivity index (χ1v) is 7.49. The zero-order valence-electron chi connectivity index (χ0n) is 12.3. The maximum Gasteiger partial charge on any atom is 0.125 e. The van der Waals surface area contributed by atoms with Gasteiger partial charge in [-0.3, -0.25) is 4.90 Å². The molecule has 0 amide bonds. The molecule has 1 aromatic carbocycles. The highest BCUT2D eigenvalue weighted by Gasteiger charge is 2.22. The van der Waals surface area contributed by atoms with E-state index in [1.165, 1.54) is 6.07 Å². The van der Waals surface area contributed by atoms with Crippen molar-refractivity contribution in [1.82, 2.24) is 10.2 Å². The quantitative estimate of drug-likeness (QED) is 0.837. The molecule has 1 N–H and O–H groups in total. The average molecular weight is 358 g/mol. The summed E-state index contributed by atoms with van der Waals surface area (Å²) in [7, 11) is 0. The fourth-order valence-electron chi connectivity index (χ4n) is 2.72. The Kier molecular flexibility index (Phi) is 10.6. The minimum Gasteiger partial charge on any atom is -0.314 e. The molecule has 21 heavy (non-hydrogen) atoms. The van der Waals surface area contributed by atoms with E-state index < -0.39 is 0 Å². The van der Waals surface area contributed by atoms with E-state index in [1.54, 1.807) is 6.07 Å². The van der Waals surface area contributed by atoms with Crippen LogP contribution in [0.15, 0.2) is 18.2 Å². The van der Waals surface area contributed by atoms with Crippen molar-refractivity contribution in [3.63, 3.8) is 0 Å². The summed E-state index contributed by atoms with van der Waals surface area (Å²) in [6.07, 6.45) is 3.38. The first kappa shape index (κ1) is 20.9. The molecule has 1 saturated heterocycles. The lowest BCUT2D eigenvalue weighted by atomic mass is 9.98. The molecule has 2 nitrogen and oxygen atoms in total. The van der Waals surface area contributed by atoms with Crippen LogP contribution in [0, 0.1) is 5.82 Å². The van der Waals surface area contributed by atoms with Crippen molar-refractivity contribution in [3.8, 4) is 0 Å². The summed E-state index contributed by atoms with van der Waals surface area (Å²) < 4.78 is 13.6. The lowest BCUT2D eigenvalue weighted by molar-refractivity contribution is 0.163. The van der Waals surface area contributed by atoms with Crippen molar-refractivity contribution in [3.05, 3.63) is 34.6 Å². The fourth-order valence-corrected chi connectivity index (χ4v) is 2.95. The molecule has 1 heterocycles. The molecule has 0 unspecified atom stereocenters. The van der Waals surface area contributed by atoms with E-state index in [0.29, 0.717) is 5.02 Å². The highest BCUT2D eigenvalue weighted by atomic mass is 35.5. The van der Waals surface area contributed by atoms with E-state index in [-0.39, 0.29) is 36.7 Å². The van der Waals surface area contributed by atoms with Gasteiger partial charge < -0.3 is 5.32 Å².